The van der Waals surface area contributed by atoms with E-state index in [0.29, 0.717) is 4.47 Å². The number of para-hydroxylation sites is 2. The van der Waals surface area contributed by atoms with Crippen molar-refractivity contribution in [3.05, 3.63) is 100 Å². The summed E-state index contributed by atoms with van der Waals surface area (Å²) >= 11 is 0. The van der Waals surface area contributed by atoms with Crippen molar-refractivity contribution in [3.63, 3.8) is 0 Å². The number of carbonyl (C=O) groups is 1. The predicted octanol–water partition coefficient (Wildman–Crippen LogP) is 4.54. The van der Waals surface area contributed by atoms with Crippen LogP contribution in [-0.2, 0) is 14.8 Å². The number of nitro benzene ring substituents is 1. The lowest BCUT2D eigenvalue weighted by Gasteiger charge is -2.24. The lowest BCUT2D eigenvalue weighted by Crippen LogP contribution is -2.36. The molecule has 0 aromatic heterocycles. The summed E-state index contributed by atoms with van der Waals surface area (Å²) in [5, 5.41) is 20.8. The number of aliphatic carboxylic acids is 1. The fourth-order valence-electron chi connectivity index (χ4n) is 3.42. The van der Waals surface area contributed by atoms with Gasteiger partial charge in [-0.25, -0.2) is 8.42 Å². The molecule has 3 rings (SSSR count). The lowest BCUT2D eigenvalue weighted by molar-refractivity contribution is -0.386. The van der Waals surface area contributed by atoms with Crippen LogP contribution in [0.5, 0.6) is 5.75 Å². The highest BCUT2D eigenvalue weighted by atomic mass is 32.2. The maximum Gasteiger partial charge on any atom is 0.313 e. The number of nitro groups is 1. The Morgan fingerprint density at radius 2 is 1.65 bits per heavy atom. The van der Waals surface area contributed by atoms with Gasteiger partial charge in [0.1, 0.15) is 0 Å². The van der Waals surface area contributed by atoms with E-state index in [1.807, 2.05) is 6.92 Å². The number of benzene rings is 3. The summed E-state index contributed by atoms with van der Waals surface area (Å²) in [5.41, 5.74) is 1.20. The molecule has 1 N–H and O–H groups in total. The highest BCUT2D eigenvalue weighted by Crippen LogP contribution is 2.30. The van der Waals surface area contributed by atoms with Gasteiger partial charge in [-0.2, -0.15) is 0 Å². The number of hydrogen-bond donors (Lipinski definition) is 1. The molecule has 0 aliphatic rings. The molecule has 0 amide bonds. The van der Waals surface area contributed by atoms with Crippen LogP contribution in [0.3, 0.4) is 0 Å². The highest BCUT2D eigenvalue weighted by molar-refractivity contribution is 7.89. The van der Waals surface area contributed by atoms with Crippen LogP contribution >= 0.6 is 0 Å². The third-order valence-electron chi connectivity index (χ3n) is 5.20. The molecular weight excluding hydrogens is 460 g/mol. The van der Waals surface area contributed by atoms with Crippen LogP contribution in [0, 0.1) is 17.0 Å². The van der Waals surface area contributed by atoms with Gasteiger partial charge in [0.25, 0.3) is 10.0 Å². The van der Waals surface area contributed by atoms with Crippen molar-refractivity contribution in [1.82, 2.24) is 4.47 Å². The van der Waals surface area contributed by atoms with Crippen LogP contribution in [0.25, 0.3) is 0 Å². The number of aryl methyl sites for hydroxylation is 1. The average Bonchev–Trinajstić information content (AvgIpc) is 2.81. The summed E-state index contributed by atoms with van der Waals surface area (Å²) in [4.78, 5) is 27.8. The first-order valence-corrected chi connectivity index (χ1v) is 11.9. The topological polar surface area (TPSA) is 127 Å². The molecule has 178 valence electrons. The van der Waals surface area contributed by atoms with Crippen LogP contribution in [0.1, 0.15) is 29.9 Å². The quantitative estimate of drug-likeness (QED) is 0.313. The van der Waals surface area contributed by atoms with E-state index in [2.05, 4.69) is 0 Å². The molecule has 34 heavy (non-hydrogen) atoms. The van der Waals surface area contributed by atoms with Crippen LogP contribution in [-0.4, -0.2) is 35.4 Å². The number of carboxylic acid groups (broad SMARTS) is 1. The predicted molar refractivity (Wildman–Crippen MR) is 125 cm³/mol. The zero-order valence-corrected chi connectivity index (χ0v) is 19.2. The second kappa shape index (κ2) is 10.9. The fraction of sp³-hybridized carbons (Fsp3) is 0.208. The van der Waals surface area contributed by atoms with E-state index in [1.165, 1.54) is 36.4 Å². The first-order chi connectivity index (χ1) is 16.2. The summed E-state index contributed by atoms with van der Waals surface area (Å²) in [6.45, 7) is 1.59. The number of hydroxylamine groups is 1. The minimum absolute atomic E-state index is 0.0498. The van der Waals surface area contributed by atoms with Gasteiger partial charge in [0.05, 0.1) is 22.8 Å². The van der Waals surface area contributed by atoms with E-state index in [4.69, 9.17) is 4.84 Å². The fourth-order valence-corrected chi connectivity index (χ4v) is 4.66. The van der Waals surface area contributed by atoms with Gasteiger partial charge in [-0.3, -0.25) is 14.9 Å². The Morgan fingerprint density at radius 1 is 1.03 bits per heavy atom. The molecule has 0 bridgehead atoms. The van der Waals surface area contributed by atoms with Crippen molar-refractivity contribution in [2.24, 2.45) is 0 Å². The molecule has 3 aromatic carbocycles. The van der Waals surface area contributed by atoms with Gasteiger partial charge in [-0.15, -0.1) is 0 Å². The third-order valence-corrected chi connectivity index (χ3v) is 6.86. The molecule has 3 aromatic rings. The van der Waals surface area contributed by atoms with E-state index < -0.39 is 32.5 Å². The molecule has 0 aliphatic carbocycles. The van der Waals surface area contributed by atoms with Gasteiger partial charge < -0.3 is 9.94 Å². The smallest absolute Gasteiger partial charge is 0.313 e. The number of rotatable bonds is 11. The molecule has 0 radical (unpaired) electrons. The molecule has 0 heterocycles. The number of carboxylic acids is 1. The molecule has 1 atom stereocenters. The lowest BCUT2D eigenvalue weighted by atomic mass is 9.93. The monoisotopic (exact) mass is 484 g/mol. The van der Waals surface area contributed by atoms with E-state index in [9.17, 15) is 28.4 Å². The normalized spacial score (nSPS) is 12.3. The Labute approximate surface area is 197 Å². The first kappa shape index (κ1) is 24.9. The molecule has 0 aliphatic heterocycles. The van der Waals surface area contributed by atoms with Gasteiger partial charge >= 0.3 is 11.7 Å². The first-order valence-electron chi connectivity index (χ1n) is 10.5. The summed E-state index contributed by atoms with van der Waals surface area (Å²) in [6, 6.07) is 20.5. The maximum absolute atomic E-state index is 13.4. The van der Waals surface area contributed by atoms with E-state index in [0.717, 1.165) is 11.1 Å². The molecule has 10 heteroatoms. The Hall–Kier alpha value is -3.76. The Morgan fingerprint density at radius 3 is 2.26 bits per heavy atom. The van der Waals surface area contributed by atoms with Gasteiger partial charge in [-0.1, -0.05) is 60.2 Å². The molecule has 0 saturated carbocycles. The average molecular weight is 485 g/mol. The largest absolute Gasteiger partial charge is 0.481 e. The molecule has 1 unspecified atom stereocenters. The Bertz CT molecular complexity index is 1250. The van der Waals surface area contributed by atoms with Crippen molar-refractivity contribution in [3.8, 4) is 5.75 Å². The van der Waals surface area contributed by atoms with Gasteiger partial charge in [-0.05, 0) is 47.5 Å². The van der Waals surface area contributed by atoms with Crippen molar-refractivity contribution in [1.29, 1.82) is 0 Å². The van der Waals surface area contributed by atoms with Gasteiger partial charge in [0, 0.05) is 6.07 Å². The molecule has 0 spiro atoms. The minimum Gasteiger partial charge on any atom is -0.481 e. The summed E-state index contributed by atoms with van der Waals surface area (Å²) < 4.78 is 27.5. The summed E-state index contributed by atoms with van der Waals surface area (Å²) in [7, 11) is -4.22. The van der Waals surface area contributed by atoms with Crippen LogP contribution in [0.2, 0.25) is 0 Å². The highest BCUT2D eigenvalue weighted by Gasteiger charge is 2.30. The van der Waals surface area contributed by atoms with Crippen LogP contribution < -0.4 is 4.84 Å². The number of nitrogens with zero attached hydrogens (tertiary/aromatic N) is 2. The van der Waals surface area contributed by atoms with Crippen LogP contribution in [0.4, 0.5) is 5.69 Å². The summed E-state index contributed by atoms with van der Waals surface area (Å²) in [6.07, 6.45) is -0.101. The second-order valence-corrected chi connectivity index (χ2v) is 9.48. The molecule has 0 fully saturated rings. The van der Waals surface area contributed by atoms with Crippen molar-refractivity contribution in [2.45, 2.75) is 30.6 Å². The van der Waals surface area contributed by atoms with Crippen molar-refractivity contribution in [2.75, 3.05) is 6.54 Å². The zero-order chi connectivity index (χ0) is 24.7. The Kier molecular flexibility index (Phi) is 7.98. The van der Waals surface area contributed by atoms with Crippen LogP contribution in [0.15, 0.2) is 83.8 Å². The second-order valence-electron chi connectivity index (χ2n) is 7.65. The van der Waals surface area contributed by atoms with Crippen molar-refractivity contribution >= 4 is 21.7 Å². The van der Waals surface area contributed by atoms with Gasteiger partial charge in [0.2, 0.25) is 5.75 Å². The van der Waals surface area contributed by atoms with E-state index >= 15 is 0 Å². The summed E-state index contributed by atoms with van der Waals surface area (Å²) in [5.74, 6) is -1.76. The molecular formula is C24H24N2O7S. The van der Waals surface area contributed by atoms with E-state index in [1.54, 1.807) is 42.5 Å². The minimum atomic E-state index is -4.22. The molecule has 9 nitrogen and oxygen atoms in total. The SMILES string of the molecule is Cc1ccc(S(=O)(=O)N(CCC(CC(=O)O)c2ccccc2)Oc2ccccc2[N+](=O)[O-])cc1. The van der Waals surface area contributed by atoms with Gasteiger partial charge in [0.15, 0.2) is 0 Å². The van der Waals surface area contributed by atoms with Crippen molar-refractivity contribution < 1.29 is 28.1 Å². The third kappa shape index (κ3) is 6.18. The van der Waals surface area contributed by atoms with E-state index in [-0.39, 0.29) is 30.0 Å². The number of sulfonamides is 1. The molecule has 0 saturated heterocycles. The zero-order valence-electron chi connectivity index (χ0n) is 18.4. The Balaban J connectivity index is 1.96. The maximum atomic E-state index is 13.4. The standard InChI is InChI=1S/C24H24N2O7S/c1-18-11-13-21(14-12-18)34(31,32)25(33-23-10-6-5-9-22(23)26(29)30)16-15-20(17-24(27)28)19-7-3-2-4-8-19/h2-14,20H,15-17H2,1H3,(H,27,28). The number of hydrogen-bond acceptors (Lipinski definition) is 6.